The lowest BCUT2D eigenvalue weighted by Gasteiger charge is -2.17. The zero-order chi connectivity index (χ0) is 12.8. The molecule has 2 unspecified atom stereocenters. The number of amides is 1. The number of hydrogen-bond acceptors (Lipinski definition) is 3. The van der Waals surface area contributed by atoms with Gasteiger partial charge in [0.2, 0.25) is 0 Å². The van der Waals surface area contributed by atoms with Gasteiger partial charge in [0.1, 0.15) is 0 Å². The molecule has 2 atom stereocenters. The van der Waals surface area contributed by atoms with Crippen LogP contribution in [-0.4, -0.2) is 30.1 Å². The summed E-state index contributed by atoms with van der Waals surface area (Å²) in [5, 5.41) is 2.77. The number of rotatable bonds is 6. The lowest BCUT2D eigenvalue weighted by molar-refractivity contribution is -0.154. The monoisotopic (exact) mass is 238 g/mol. The van der Waals surface area contributed by atoms with Gasteiger partial charge in [0.15, 0.2) is 0 Å². The lowest BCUT2D eigenvalue weighted by Crippen LogP contribution is -2.44. The van der Waals surface area contributed by atoms with E-state index in [1.165, 1.54) is 6.92 Å². The second-order valence-corrected chi connectivity index (χ2v) is 4.30. The van der Waals surface area contributed by atoms with Crippen LogP contribution in [0.1, 0.15) is 39.5 Å². The van der Waals surface area contributed by atoms with Crippen molar-refractivity contribution in [2.24, 2.45) is 0 Å². The molecular formula is C12H18N2O3. The summed E-state index contributed by atoms with van der Waals surface area (Å²) in [7, 11) is 0. The number of nitrogens with one attached hydrogen (secondary N) is 1. The first-order chi connectivity index (χ1) is 8.08. The minimum Gasteiger partial charge on any atom is -0.444 e. The number of esters is 1. The maximum atomic E-state index is 11.9. The van der Waals surface area contributed by atoms with E-state index in [2.05, 4.69) is 10.2 Å². The van der Waals surface area contributed by atoms with Crippen LogP contribution < -0.4 is 5.32 Å². The van der Waals surface area contributed by atoms with Crippen molar-refractivity contribution in [2.75, 3.05) is 0 Å². The SMILES string of the molecule is [C-]#[N+]C(CCC)C(OC(C)=O)C(=O)NC1CC1. The van der Waals surface area contributed by atoms with E-state index in [1.54, 1.807) is 0 Å². The number of nitrogens with zero attached hydrogens (tertiary/aromatic N) is 1. The largest absolute Gasteiger partial charge is 0.444 e. The Morgan fingerprint density at radius 3 is 2.59 bits per heavy atom. The van der Waals surface area contributed by atoms with Gasteiger partial charge in [-0.25, -0.2) is 6.57 Å². The van der Waals surface area contributed by atoms with Crippen LogP contribution in [0.2, 0.25) is 0 Å². The number of carbonyl (C=O) groups is 2. The zero-order valence-corrected chi connectivity index (χ0v) is 10.2. The molecule has 17 heavy (non-hydrogen) atoms. The third-order valence-corrected chi connectivity index (χ3v) is 2.57. The Bertz CT molecular complexity index is 331. The Kier molecular flexibility index (Phi) is 4.95. The molecule has 0 radical (unpaired) electrons. The van der Waals surface area contributed by atoms with E-state index in [1.807, 2.05) is 6.92 Å². The van der Waals surface area contributed by atoms with Gasteiger partial charge in [-0.1, -0.05) is 6.92 Å². The highest BCUT2D eigenvalue weighted by Gasteiger charge is 2.37. The van der Waals surface area contributed by atoms with Crippen LogP contribution in [0.5, 0.6) is 0 Å². The van der Waals surface area contributed by atoms with Crippen LogP contribution in [0.3, 0.4) is 0 Å². The van der Waals surface area contributed by atoms with Gasteiger partial charge < -0.3 is 14.9 Å². The molecule has 5 heteroatoms. The van der Waals surface area contributed by atoms with E-state index in [9.17, 15) is 9.59 Å². The molecule has 0 saturated heterocycles. The summed E-state index contributed by atoms with van der Waals surface area (Å²) in [5.41, 5.74) is 0. The summed E-state index contributed by atoms with van der Waals surface area (Å²) in [5.74, 6) is -0.858. The maximum absolute atomic E-state index is 11.9. The van der Waals surface area contributed by atoms with E-state index in [-0.39, 0.29) is 11.9 Å². The molecule has 0 bridgehead atoms. The van der Waals surface area contributed by atoms with Crippen LogP contribution in [0, 0.1) is 6.57 Å². The molecule has 0 aromatic heterocycles. The van der Waals surface area contributed by atoms with Crippen LogP contribution in [0.15, 0.2) is 0 Å². The average molecular weight is 238 g/mol. The van der Waals surface area contributed by atoms with Crippen molar-refractivity contribution in [1.82, 2.24) is 5.32 Å². The Labute approximate surface area is 101 Å². The van der Waals surface area contributed by atoms with Gasteiger partial charge in [-0.05, 0) is 19.3 Å². The number of carbonyl (C=O) groups excluding carboxylic acids is 2. The van der Waals surface area contributed by atoms with E-state index in [0.717, 1.165) is 19.3 Å². The van der Waals surface area contributed by atoms with E-state index in [4.69, 9.17) is 11.3 Å². The van der Waals surface area contributed by atoms with Crippen molar-refractivity contribution >= 4 is 11.9 Å². The Morgan fingerprint density at radius 1 is 1.53 bits per heavy atom. The molecule has 0 aromatic rings. The smallest absolute Gasteiger partial charge is 0.303 e. The fourth-order valence-electron chi connectivity index (χ4n) is 1.58. The van der Waals surface area contributed by atoms with Gasteiger partial charge in [-0.2, -0.15) is 0 Å². The van der Waals surface area contributed by atoms with Gasteiger partial charge in [0.05, 0.1) is 0 Å². The first kappa shape index (κ1) is 13.5. The topological polar surface area (TPSA) is 59.8 Å². The standard InChI is InChI=1S/C12H18N2O3/c1-4-5-10(13-3)11(17-8(2)15)12(16)14-9-6-7-9/h9-11H,4-7H2,1-2H3,(H,14,16). The Hall–Kier alpha value is -1.57. The third kappa shape index (κ3) is 4.43. The number of hydrogen-bond donors (Lipinski definition) is 1. The van der Waals surface area contributed by atoms with Crippen LogP contribution in [0.4, 0.5) is 0 Å². The molecule has 0 spiro atoms. The predicted octanol–water partition coefficient (Wildman–Crippen LogP) is 1.28. The summed E-state index contributed by atoms with van der Waals surface area (Å²) < 4.78 is 4.98. The van der Waals surface area contributed by atoms with Crippen molar-refractivity contribution in [3.8, 4) is 0 Å². The van der Waals surface area contributed by atoms with Crippen molar-refractivity contribution < 1.29 is 14.3 Å². The quantitative estimate of drug-likeness (QED) is 0.560. The Balaban J connectivity index is 2.65. The molecule has 94 valence electrons. The molecule has 1 saturated carbocycles. The summed E-state index contributed by atoms with van der Waals surface area (Å²) >= 11 is 0. The average Bonchev–Trinajstić information content (AvgIpc) is 3.06. The minimum atomic E-state index is -0.967. The van der Waals surface area contributed by atoms with Crippen molar-refractivity contribution in [2.45, 2.75) is 57.7 Å². The number of ether oxygens (including phenoxy) is 1. The lowest BCUT2D eigenvalue weighted by atomic mass is 10.1. The third-order valence-electron chi connectivity index (χ3n) is 2.57. The molecule has 1 rings (SSSR count). The van der Waals surface area contributed by atoms with E-state index < -0.39 is 18.1 Å². The minimum absolute atomic E-state index is 0.202. The fraction of sp³-hybridized carbons (Fsp3) is 0.750. The maximum Gasteiger partial charge on any atom is 0.303 e. The molecule has 1 aliphatic carbocycles. The van der Waals surface area contributed by atoms with Gasteiger partial charge in [-0.3, -0.25) is 9.59 Å². The van der Waals surface area contributed by atoms with Crippen LogP contribution in [-0.2, 0) is 14.3 Å². The highest BCUT2D eigenvalue weighted by Crippen LogP contribution is 2.20. The predicted molar refractivity (Wildman–Crippen MR) is 62.0 cm³/mol. The van der Waals surface area contributed by atoms with Gasteiger partial charge in [0, 0.05) is 19.4 Å². The summed E-state index contributed by atoms with van der Waals surface area (Å²) in [6.45, 7) is 10.3. The fourth-order valence-corrected chi connectivity index (χ4v) is 1.58. The van der Waals surface area contributed by atoms with Crippen molar-refractivity contribution in [3.63, 3.8) is 0 Å². The summed E-state index contributed by atoms with van der Waals surface area (Å²) in [6.07, 6.45) is 2.30. The summed E-state index contributed by atoms with van der Waals surface area (Å²) in [4.78, 5) is 26.2. The molecule has 1 N–H and O–H groups in total. The van der Waals surface area contributed by atoms with E-state index in [0.29, 0.717) is 6.42 Å². The second-order valence-electron chi connectivity index (χ2n) is 4.30. The zero-order valence-electron chi connectivity index (χ0n) is 10.2. The molecule has 1 amide bonds. The van der Waals surface area contributed by atoms with Crippen LogP contribution >= 0.6 is 0 Å². The molecule has 0 heterocycles. The molecular weight excluding hydrogens is 220 g/mol. The molecule has 1 aliphatic rings. The van der Waals surface area contributed by atoms with Crippen molar-refractivity contribution in [1.29, 1.82) is 0 Å². The van der Waals surface area contributed by atoms with E-state index >= 15 is 0 Å². The highest BCUT2D eigenvalue weighted by atomic mass is 16.5. The van der Waals surface area contributed by atoms with Gasteiger partial charge in [-0.15, -0.1) is 0 Å². The molecule has 1 fully saturated rings. The summed E-state index contributed by atoms with van der Waals surface area (Å²) in [6, 6.07) is -0.379. The first-order valence-corrected chi connectivity index (χ1v) is 5.92. The molecule has 5 nitrogen and oxygen atoms in total. The normalized spacial score (nSPS) is 17.7. The van der Waals surface area contributed by atoms with Gasteiger partial charge >= 0.3 is 5.97 Å². The second kappa shape index (κ2) is 6.24. The first-order valence-electron chi connectivity index (χ1n) is 5.92. The van der Waals surface area contributed by atoms with Gasteiger partial charge in [0.25, 0.3) is 18.1 Å². The molecule has 0 aliphatic heterocycles. The highest BCUT2D eigenvalue weighted by molar-refractivity contribution is 5.84. The molecule has 0 aromatic carbocycles. The van der Waals surface area contributed by atoms with Crippen LogP contribution in [0.25, 0.3) is 4.85 Å². The Morgan fingerprint density at radius 2 is 2.18 bits per heavy atom. The van der Waals surface area contributed by atoms with Crippen molar-refractivity contribution in [3.05, 3.63) is 11.4 Å².